The Bertz CT molecular complexity index is 392. The quantitative estimate of drug-likeness (QED) is 0.626. The van der Waals surface area contributed by atoms with Gasteiger partial charge in [0.05, 0.1) is 5.88 Å². The predicted octanol–water partition coefficient (Wildman–Crippen LogP) is 2.76. The van der Waals surface area contributed by atoms with Gasteiger partial charge < -0.3 is 5.32 Å². The van der Waals surface area contributed by atoms with E-state index in [0.717, 1.165) is 6.42 Å². The molecule has 20 heavy (non-hydrogen) atoms. The lowest BCUT2D eigenvalue weighted by Crippen LogP contribution is -2.61. The summed E-state index contributed by atoms with van der Waals surface area (Å²) in [6.07, 6.45) is -2.55. The highest BCUT2D eigenvalue weighted by molar-refractivity contribution is 6.29. The Balaban J connectivity index is 2.97. The molecule has 0 heterocycles. The SMILES string of the molecule is CC1CCCC(NC(=O)C(F)(F)C(F)F)(C(=O)CCl)C1. The van der Waals surface area contributed by atoms with E-state index in [0.29, 0.717) is 6.42 Å². The van der Waals surface area contributed by atoms with Crippen LogP contribution in [0.1, 0.15) is 32.6 Å². The third-order valence-electron chi connectivity index (χ3n) is 3.58. The molecule has 1 rings (SSSR count). The van der Waals surface area contributed by atoms with E-state index in [4.69, 9.17) is 11.6 Å². The number of rotatable bonds is 5. The third kappa shape index (κ3) is 3.42. The summed E-state index contributed by atoms with van der Waals surface area (Å²) in [5, 5.41) is 1.83. The predicted molar refractivity (Wildman–Crippen MR) is 65.2 cm³/mol. The molecule has 1 saturated carbocycles. The van der Waals surface area contributed by atoms with Crippen molar-refractivity contribution >= 4 is 23.3 Å². The number of carbonyl (C=O) groups excluding carboxylic acids is 2. The molecule has 1 aliphatic rings. The zero-order valence-electron chi connectivity index (χ0n) is 10.9. The van der Waals surface area contributed by atoms with E-state index in [1.54, 1.807) is 6.92 Å². The molecule has 0 aromatic carbocycles. The first-order valence-corrected chi connectivity index (χ1v) is 6.77. The van der Waals surface area contributed by atoms with Gasteiger partial charge in [0.1, 0.15) is 5.54 Å². The van der Waals surface area contributed by atoms with Gasteiger partial charge in [-0.05, 0) is 18.8 Å². The number of carbonyl (C=O) groups is 2. The second kappa shape index (κ2) is 6.28. The van der Waals surface area contributed by atoms with E-state index >= 15 is 0 Å². The first-order valence-electron chi connectivity index (χ1n) is 6.23. The maximum absolute atomic E-state index is 13.0. The van der Waals surface area contributed by atoms with E-state index in [2.05, 4.69) is 0 Å². The van der Waals surface area contributed by atoms with Crippen molar-refractivity contribution in [3.63, 3.8) is 0 Å². The molecular formula is C12H16ClF4NO2. The van der Waals surface area contributed by atoms with Crippen LogP contribution in [0.15, 0.2) is 0 Å². The molecule has 0 aromatic rings. The fourth-order valence-corrected chi connectivity index (χ4v) is 2.77. The van der Waals surface area contributed by atoms with Gasteiger partial charge in [-0.3, -0.25) is 9.59 Å². The fourth-order valence-electron chi connectivity index (χ4n) is 2.52. The van der Waals surface area contributed by atoms with Crippen LogP contribution in [0.25, 0.3) is 0 Å². The summed E-state index contributed by atoms with van der Waals surface area (Å²) in [5.74, 6) is -8.02. The van der Waals surface area contributed by atoms with Crippen molar-refractivity contribution in [2.45, 2.75) is 50.5 Å². The van der Waals surface area contributed by atoms with Crippen LogP contribution in [-0.4, -0.2) is 35.5 Å². The molecule has 3 nitrogen and oxygen atoms in total. The Hall–Kier alpha value is -0.850. The second-order valence-electron chi connectivity index (χ2n) is 5.22. The summed E-state index contributed by atoms with van der Waals surface area (Å²) in [4.78, 5) is 23.3. The van der Waals surface area contributed by atoms with Gasteiger partial charge in [-0.25, -0.2) is 8.78 Å². The van der Waals surface area contributed by atoms with E-state index in [1.807, 2.05) is 5.32 Å². The minimum Gasteiger partial charge on any atom is -0.338 e. The molecule has 1 aliphatic carbocycles. The molecule has 0 spiro atoms. The Morgan fingerprint density at radius 2 is 2.05 bits per heavy atom. The summed E-state index contributed by atoms with van der Waals surface area (Å²) < 4.78 is 50.4. The van der Waals surface area contributed by atoms with Gasteiger partial charge >= 0.3 is 12.3 Å². The Morgan fingerprint density at radius 3 is 2.50 bits per heavy atom. The van der Waals surface area contributed by atoms with E-state index in [1.165, 1.54) is 0 Å². The van der Waals surface area contributed by atoms with Gasteiger partial charge in [0.15, 0.2) is 5.78 Å². The van der Waals surface area contributed by atoms with E-state index in [9.17, 15) is 27.2 Å². The van der Waals surface area contributed by atoms with Crippen LogP contribution >= 0.6 is 11.6 Å². The van der Waals surface area contributed by atoms with Crippen molar-refractivity contribution in [3.8, 4) is 0 Å². The highest BCUT2D eigenvalue weighted by Crippen LogP contribution is 2.35. The summed E-state index contributed by atoms with van der Waals surface area (Å²) in [5.41, 5.74) is -1.56. The highest BCUT2D eigenvalue weighted by Gasteiger charge is 2.53. The summed E-state index contributed by atoms with van der Waals surface area (Å²) >= 11 is 5.45. The van der Waals surface area contributed by atoms with E-state index in [-0.39, 0.29) is 18.8 Å². The molecular weight excluding hydrogens is 302 g/mol. The van der Waals surface area contributed by atoms with Crippen LogP contribution in [0.5, 0.6) is 0 Å². The van der Waals surface area contributed by atoms with Crippen molar-refractivity contribution in [3.05, 3.63) is 0 Å². The lowest BCUT2D eigenvalue weighted by molar-refractivity contribution is -0.172. The van der Waals surface area contributed by atoms with Crippen molar-refractivity contribution in [2.24, 2.45) is 5.92 Å². The van der Waals surface area contributed by atoms with Crippen molar-refractivity contribution in [1.29, 1.82) is 0 Å². The summed E-state index contributed by atoms with van der Waals surface area (Å²) in [6, 6.07) is 0. The van der Waals surface area contributed by atoms with Gasteiger partial charge in [-0.1, -0.05) is 19.8 Å². The smallest absolute Gasteiger partial charge is 0.338 e. The average Bonchev–Trinajstić information content (AvgIpc) is 2.37. The zero-order valence-corrected chi connectivity index (χ0v) is 11.7. The van der Waals surface area contributed by atoms with Crippen LogP contribution in [-0.2, 0) is 9.59 Å². The number of amides is 1. The lowest BCUT2D eigenvalue weighted by atomic mass is 9.74. The second-order valence-corrected chi connectivity index (χ2v) is 5.49. The molecule has 1 amide bonds. The zero-order chi connectivity index (χ0) is 15.6. The number of hydrogen-bond acceptors (Lipinski definition) is 2. The monoisotopic (exact) mass is 317 g/mol. The largest absolute Gasteiger partial charge is 0.383 e. The van der Waals surface area contributed by atoms with Gasteiger partial charge in [0.25, 0.3) is 5.91 Å². The topological polar surface area (TPSA) is 46.2 Å². The molecule has 2 unspecified atom stereocenters. The normalized spacial score (nSPS) is 27.4. The minimum absolute atomic E-state index is 0.0105. The third-order valence-corrected chi connectivity index (χ3v) is 3.82. The molecule has 0 radical (unpaired) electrons. The molecule has 1 N–H and O–H groups in total. The van der Waals surface area contributed by atoms with Crippen molar-refractivity contribution < 1.29 is 27.2 Å². The summed E-state index contributed by atoms with van der Waals surface area (Å²) in [6.45, 7) is 1.80. The highest BCUT2D eigenvalue weighted by atomic mass is 35.5. The van der Waals surface area contributed by atoms with Crippen molar-refractivity contribution in [2.75, 3.05) is 5.88 Å². The minimum atomic E-state index is -4.82. The number of halogens is 5. The summed E-state index contributed by atoms with van der Waals surface area (Å²) in [7, 11) is 0. The molecule has 8 heteroatoms. The van der Waals surface area contributed by atoms with Gasteiger partial charge in [0.2, 0.25) is 0 Å². The van der Waals surface area contributed by atoms with Crippen LogP contribution in [0.2, 0.25) is 0 Å². The van der Waals surface area contributed by atoms with Crippen LogP contribution < -0.4 is 5.32 Å². The van der Waals surface area contributed by atoms with Gasteiger partial charge in [-0.15, -0.1) is 11.6 Å². The first kappa shape index (κ1) is 17.2. The first-order chi connectivity index (χ1) is 9.15. The maximum atomic E-state index is 13.0. The fraction of sp³-hybridized carbons (Fsp3) is 0.833. The van der Waals surface area contributed by atoms with Crippen LogP contribution in [0.4, 0.5) is 17.6 Å². The Morgan fingerprint density at radius 1 is 1.45 bits per heavy atom. The Labute approximate surface area is 119 Å². The molecule has 0 bridgehead atoms. The molecule has 2 atom stereocenters. The molecule has 116 valence electrons. The van der Waals surface area contributed by atoms with Crippen LogP contribution in [0.3, 0.4) is 0 Å². The van der Waals surface area contributed by atoms with Crippen LogP contribution in [0, 0.1) is 5.92 Å². The van der Waals surface area contributed by atoms with Crippen molar-refractivity contribution in [1.82, 2.24) is 5.32 Å². The standard InChI is InChI=1S/C12H16ClF4NO2/c1-7-3-2-4-11(5-7,8(19)6-13)18-10(20)12(16,17)9(14)15/h7,9H,2-6H2,1H3,(H,18,20). The lowest BCUT2D eigenvalue weighted by Gasteiger charge is -2.39. The molecule has 0 saturated heterocycles. The number of nitrogens with one attached hydrogen (secondary N) is 1. The maximum Gasteiger partial charge on any atom is 0.383 e. The number of Topliss-reactive ketones (excluding diaryl/α,β-unsaturated/α-hetero) is 1. The Kier molecular flexibility index (Phi) is 5.40. The average molecular weight is 318 g/mol. The number of hydrogen-bond donors (Lipinski definition) is 1. The van der Waals surface area contributed by atoms with E-state index < -0.39 is 35.5 Å². The molecule has 1 fully saturated rings. The molecule has 0 aromatic heterocycles. The van der Waals surface area contributed by atoms with Gasteiger partial charge in [0, 0.05) is 0 Å². The number of ketones is 1. The molecule has 0 aliphatic heterocycles. The number of alkyl halides is 5. The van der Waals surface area contributed by atoms with Gasteiger partial charge in [-0.2, -0.15) is 8.78 Å².